The third-order valence-corrected chi connectivity index (χ3v) is 5.70. The van der Waals surface area contributed by atoms with Gasteiger partial charge in [0, 0.05) is 10.0 Å². The van der Waals surface area contributed by atoms with Gasteiger partial charge in [0.05, 0.1) is 18.4 Å². The number of nitrogens with one attached hydrogen (secondary N) is 1. The van der Waals surface area contributed by atoms with Gasteiger partial charge in [0.15, 0.2) is 6.61 Å². The van der Waals surface area contributed by atoms with Crippen LogP contribution in [-0.2, 0) is 4.79 Å². The molecular formula is C28H29BrN2O5. The number of nitrogens with zero attached hydrogens (tertiary/aromatic N) is 1. The lowest BCUT2D eigenvalue weighted by Crippen LogP contribution is -2.24. The van der Waals surface area contributed by atoms with Crippen molar-refractivity contribution in [2.45, 2.75) is 33.6 Å². The Morgan fingerprint density at radius 3 is 2.44 bits per heavy atom. The Morgan fingerprint density at radius 1 is 1.00 bits per heavy atom. The van der Waals surface area contributed by atoms with Gasteiger partial charge in [-0.3, -0.25) is 4.79 Å². The Hall–Kier alpha value is -3.65. The molecule has 0 bridgehead atoms. The van der Waals surface area contributed by atoms with Gasteiger partial charge in [-0.2, -0.15) is 5.10 Å². The number of carbonyl (C=O) groups is 2. The zero-order chi connectivity index (χ0) is 26.1. The molecule has 0 spiro atoms. The number of amides is 1. The quantitative estimate of drug-likeness (QED) is 0.144. The number of halogens is 1. The molecule has 3 aromatic rings. The Kier molecular flexibility index (Phi) is 9.64. The predicted octanol–water partition coefficient (Wildman–Crippen LogP) is 6.03. The summed E-state index contributed by atoms with van der Waals surface area (Å²) in [6.45, 7) is 8.37. The van der Waals surface area contributed by atoms with Crippen LogP contribution in [0.2, 0.25) is 0 Å². The maximum Gasteiger partial charge on any atom is 0.343 e. The van der Waals surface area contributed by atoms with Crippen LogP contribution in [0.15, 0.2) is 70.2 Å². The summed E-state index contributed by atoms with van der Waals surface area (Å²) in [5, 5.41) is 4.00. The molecule has 1 N–H and O–H groups in total. The first kappa shape index (κ1) is 26.9. The van der Waals surface area contributed by atoms with Crippen molar-refractivity contribution < 1.29 is 23.8 Å². The Morgan fingerprint density at radius 2 is 1.75 bits per heavy atom. The van der Waals surface area contributed by atoms with E-state index in [-0.39, 0.29) is 6.61 Å². The second-order valence-electron chi connectivity index (χ2n) is 8.29. The minimum Gasteiger partial charge on any atom is -0.494 e. The number of hydrogen-bond acceptors (Lipinski definition) is 6. The highest BCUT2D eigenvalue weighted by atomic mass is 79.9. The molecule has 7 nitrogen and oxygen atoms in total. The molecule has 188 valence electrons. The van der Waals surface area contributed by atoms with Gasteiger partial charge in [-0.25, -0.2) is 10.2 Å². The summed E-state index contributed by atoms with van der Waals surface area (Å²) in [5.74, 6) is 1.06. The van der Waals surface area contributed by atoms with Gasteiger partial charge in [-0.1, -0.05) is 41.9 Å². The molecule has 8 heteroatoms. The first-order chi connectivity index (χ1) is 17.3. The van der Waals surface area contributed by atoms with Crippen molar-refractivity contribution in [2.75, 3.05) is 13.2 Å². The zero-order valence-corrected chi connectivity index (χ0v) is 22.3. The van der Waals surface area contributed by atoms with Crippen molar-refractivity contribution in [3.05, 3.63) is 87.4 Å². The molecule has 0 aromatic heterocycles. The predicted molar refractivity (Wildman–Crippen MR) is 143 cm³/mol. The summed E-state index contributed by atoms with van der Waals surface area (Å²) in [5.41, 5.74) is 5.41. The fourth-order valence-electron chi connectivity index (χ4n) is 3.21. The molecule has 0 fully saturated rings. The Bertz CT molecular complexity index is 1240. The van der Waals surface area contributed by atoms with Crippen molar-refractivity contribution in [1.29, 1.82) is 0 Å². The van der Waals surface area contributed by atoms with Crippen LogP contribution < -0.4 is 19.6 Å². The summed E-state index contributed by atoms with van der Waals surface area (Å²) < 4.78 is 17.4. The van der Waals surface area contributed by atoms with E-state index in [0.29, 0.717) is 40.9 Å². The number of hydrazone groups is 1. The van der Waals surface area contributed by atoms with Crippen LogP contribution >= 0.6 is 15.9 Å². The van der Waals surface area contributed by atoms with Crippen LogP contribution in [0.1, 0.15) is 53.7 Å². The molecule has 0 saturated heterocycles. The lowest BCUT2D eigenvalue weighted by atomic mass is 10.0. The van der Waals surface area contributed by atoms with Crippen molar-refractivity contribution in [3.8, 4) is 17.2 Å². The molecule has 0 radical (unpaired) electrons. The highest BCUT2D eigenvalue weighted by Crippen LogP contribution is 2.25. The number of rotatable bonds is 10. The van der Waals surface area contributed by atoms with Gasteiger partial charge in [0.2, 0.25) is 0 Å². The molecule has 36 heavy (non-hydrogen) atoms. The highest BCUT2D eigenvalue weighted by molar-refractivity contribution is 9.10. The fourth-order valence-corrected chi connectivity index (χ4v) is 3.59. The largest absolute Gasteiger partial charge is 0.494 e. The van der Waals surface area contributed by atoms with E-state index in [0.717, 1.165) is 15.6 Å². The van der Waals surface area contributed by atoms with Gasteiger partial charge in [-0.15, -0.1) is 0 Å². The van der Waals surface area contributed by atoms with Crippen LogP contribution in [0.4, 0.5) is 0 Å². The number of esters is 1. The zero-order valence-electron chi connectivity index (χ0n) is 20.7. The van der Waals surface area contributed by atoms with Gasteiger partial charge in [-0.05, 0) is 79.4 Å². The summed E-state index contributed by atoms with van der Waals surface area (Å²) in [7, 11) is 0. The van der Waals surface area contributed by atoms with Crippen LogP contribution in [0, 0.1) is 6.92 Å². The summed E-state index contributed by atoms with van der Waals surface area (Å²) in [6.07, 6.45) is 1.41. The van der Waals surface area contributed by atoms with Crippen molar-refractivity contribution in [3.63, 3.8) is 0 Å². The molecule has 0 heterocycles. The third kappa shape index (κ3) is 7.68. The Balaban J connectivity index is 1.61. The SMILES string of the molecule is CCOc1ccc(C(=O)Oc2ccc(Br)cc2/C=N\NC(=O)COc2cc(C(C)C)ccc2C)cc1. The van der Waals surface area contributed by atoms with E-state index >= 15 is 0 Å². The molecule has 3 aromatic carbocycles. The van der Waals surface area contributed by atoms with Crippen LogP contribution in [0.3, 0.4) is 0 Å². The number of aryl methyl sites for hydroxylation is 1. The molecule has 0 atom stereocenters. The maximum absolute atomic E-state index is 12.6. The molecule has 0 saturated carbocycles. The minimum atomic E-state index is -0.522. The first-order valence-corrected chi connectivity index (χ1v) is 12.4. The van der Waals surface area contributed by atoms with Crippen LogP contribution in [0.25, 0.3) is 0 Å². The number of ether oxygens (including phenoxy) is 3. The summed E-state index contributed by atoms with van der Waals surface area (Å²) in [6, 6.07) is 17.8. The normalized spacial score (nSPS) is 10.9. The molecule has 1 amide bonds. The summed E-state index contributed by atoms with van der Waals surface area (Å²) in [4.78, 5) is 24.9. The van der Waals surface area contributed by atoms with Crippen molar-refractivity contribution >= 4 is 34.0 Å². The van der Waals surface area contributed by atoms with E-state index < -0.39 is 11.9 Å². The molecule has 0 aliphatic rings. The number of carbonyl (C=O) groups excluding carboxylic acids is 2. The van der Waals surface area contributed by atoms with Crippen LogP contribution in [0.5, 0.6) is 17.2 Å². The molecule has 0 aliphatic carbocycles. The van der Waals surface area contributed by atoms with E-state index in [1.54, 1.807) is 42.5 Å². The summed E-state index contributed by atoms with van der Waals surface area (Å²) >= 11 is 3.40. The number of benzene rings is 3. The average Bonchev–Trinajstić information content (AvgIpc) is 2.85. The minimum absolute atomic E-state index is 0.183. The van der Waals surface area contributed by atoms with Gasteiger partial charge >= 0.3 is 5.97 Å². The lowest BCUT2D eigenvalue weighted by Gasteiger charge is -2.12. The van der Waals surface area contributed by atoms with Gasteiger partial charge in [0.1, 0.15) is 17.2 Å². The van der Waals surface area contributed by atoms with Crippen molar-refractivity contribution in [1.82, 2.24) is 5.43 Å². The molecular weight excluding hydrogens is 524 g/mol. The Labute approximate surface area is 219 Å². The molecule has 3 rings (SSSR count). The first-order valence-electron chi connectivity index (χ1n) is 11.6. The van der Waals surface area contributed by atoms with Gasteiger partial charge in [0.25, 0.3) is 5.91 Å². The second kappa shape index (κ2) is 12.9. The molecule has 0 aliphatic heterocycles. The standard InChI is InChI=1S/C28H29BrN2O5/c1-5-34-24-11-8-20(9-12-24)28(33)36-25-13-10-23(29)14-22(25)16-30-31-27(32)17-35-26-15-21(18(2)3)7-6-19(26)4/h6-16,18H,5,17H2,1-4H3,(H,31,32)/b30-16-. The smallest absolute Gasteiger partial charge is 0.343 e. The monoisotopic (exact) mass is 552 g/mol. The van der Waals surface area contributed by atoms with E-state index in [9.17, 15) is 9.59 Å². The lowest BCUT2D eigenvalue weighted by molar-refractivity contribution is -0.123. The fraction of sp³-hybridized carbons (Fsp3) is 0.250. The van der Waals surface area contributed by atoms with E-state index in [4.69, 9.17) is 14.2 Å². The van der Waals surface area contributed by atoms with Gasteiger partial charge < -0.3 is 14.2 Å². The highest BCUT2D eigenvalue weighted by Gasteiger charge is 2.12. The van der Waals surface area contributed by atoms with E-state index in [1.807, 2.05) is 26.0 Å². The average molecular weight is 553 g/mol. The van der Waals surface area contributed by atoms with E-state index in [2.05, 4.69) is 46.4 Å². The topological polar surface area (TPSA) is 86.2 Å². The molecule has 0 unspecified atom stereocenters. The van der Waals surface area contributed by atoms with E-state index in [1.165, 1.54) is 6.21 Å². The second-order valence-corrected chi connectivity index (χ2v) is 9.21. The third-order valence-electron chi connectivity index (χ3n) is 5.21. The number of hydrogen-bond donors (Lipinski definition) is 1. The van der Waals surface area contributed by atoms with Crippen LogP contribution in [-0.4, -0.2) is 31.3 Å². The maximum atomic E-state index is 12.6. The van der Waals surface area contributed by atoms with Crippen molar-refractivity contribution in [2.24, 2.45) is 5.10 Å².